The number of nitrogens with zero attached hydrogens (tertiary/aromatic N) is 6. The molecule has 0 bridgehead atoms. The third-order valence-electron chi connectivity index (χ3n) is 3.44. The second-order valence-electron chi connectivity index (χ2n) is 5.05. The lowest BCUT2D eigenvalue weighted by atomic mass is 10.3. The Morgan fingerprint density at radius 1 is 1.12 bits per heavy atom. The number of rotatable bonds is 5. The number of carbonyl (C=O) groups is 1. The second kappa shape index (κ2) is 6.65. The molecule has 0 atom stereocenters. The number of para-hydroxylation sites is 1. The maximum atomic E-state index is 12.3. The largest absolute Gasteiger partial charge is 0.455 e. The van der Waals surface area contributed by atoms with Crippen LogP contribution in [-0.2, 0) is 11.3 Å². The van der Waals surface area contributed by atoms with Gasteiger partial charge in [-0.25, -0.2) is 9.48 Å². The monoisotopic (exact) mass is 352 g/mol. The fourth-order valence-electron chi connectivity index (χ4n) is 2.28. The molecule has 0 saturated heterocycles. The zero-order chi connectivity index (χ0) is 17.1. The summed E-state index contributed by atoms with van der Waals surface area (Å²) in [5.41, 5.74) is 2.20. The molecule has 4 rings (SSSR count). The number of esters is 1. The lowest BCUT2D eigenvalue weighted by Gasteiger charge is -2.04. The number of hydrogen-bond donors (Lipinski definition) is 0. The summed E-state index contributed by atoms with van der Waals surface area (Å²) in [7, 11) is 0. The number of carbonyl (C=O) groups excluding carboxylic acids is 1. The number of aromatic nitrogens is 6. The first kappa shape index (κ1) is 15.2. The fourth-order valence-corrected chi connectivity index (χ4v) is 3.05. The summed E-state index contributed by atoms with van der Waals surface area (Å²) in [5.74, 6) is -0.435. The Hall–Kier alpha value is -3.33. The van der Waals surface area contributed by atoms with Crippen LogP contribution in [0.25, 0.3) is 11.4 Å². The number of thiophene rings is 1. The van der Waals surface area contributed by atoms with Crippen LogP contribution in [0, 0.1) is 0 Å². The quantitative estimate of drug-likeness (QED) is 0.512. The molecule has 124 valence electrons. The van der Waals surface area contributed by atoms with Gasteiger partial charge in [0.05, 0.1) is 11.4 Å². The molecule has 0 saturated carbocycles. The van der Waals surface area contributed by atoms with Crippen molar-refractivity contribution in [3.05, 3.63) is 70.9 Å². The van der Waals surface area contributed by atoms with E-state index in [0.29, 0.717) is 16.3 Å². The molecule has 8 nitrogen and oxygen atoms in total. The summed E-state index contributed by atoms with van der Waals surface area (Å²) >= 11 is 1.28. The van der Waals surface area contributed by atoms with Gasteiger partial charge in [-0.2, -0.15) is 9.78 Å². The van der Waals surface area contributed by atoms with E-state index in [1.807, 2.05) is 42.6 Å². The molecule has 9 heteroatoms. The van der Waals surface area contributed by atoms with Crippen LogP contribution in [0.4, 0.5) is 0 Å². The van der Waals surface area contributed by atoms with Crippen LogP contribution in [0.2, 0.25) is 0 Å². The van der Waals surface area contributed by atoms with Gasteiger partial charge >= 0.3 is 5.97 Å². The van der Waals surface area contributed by atoms with Crippen molar-refractivity contribution in [2.24, 2.45) is 0 Å². The molecule has 4 aromatic rings. The first-order valence-electron chi connectivity index (χ1n) is 7.39. The molecule has 0 radical (unpaired) electrons. The van der Waals surface area contributed by atoms with E-state index in [1.54, 1.807) is 16.1 Å². The fraction of sp³-hybridized carbons (Fsp3) is 0.0625. The van der Waals surface area contributed by atoms with E-state index in [0.717, 1.165) is 5.69 Å². The van der Waals surface area contributed by atoms with Crippen molar-refractivity contribution in [2.45, 2.75) is 6.61 Å². The highest BCUT2D eigenvalue weighted by molar-refractivity contribution is 7.12. The molecule has 3 heterocycles. The molecule has 0 spiro atoms. The van der Waals surface area contributed by atoms with Crippen LogP contribution in [0.3, 0.4) is 0 Å². The summed E-state index contributed by atoms with van der Waals surface area (Å²) in [5, 5.41) is 17.1. The first-order chi connectivity index (χ1) is 12.3. The van der Waals surface area contributed by atoms with Crippen LogP contribution in [0.5, 0.6) is 0 Å². The number of tetrazole rings is 1. The van der Waals surface area contributed by atoms with Gasteiger partial charge in [0.15, 0.2) is 0 Å². The Morgan fingerprint density at radius 3 is 2.80 bits per heavy atom. The Labute approximate surface area is 146 Å². The van der Waals surface area contributed by atoms with Crippen molar-refractivity contribution in [1.29, 1.82) is 0 Å². The minimum atomic E-state index is -0.435. The highest BCUT2D eigenvalue weighted by Crippen LogP contribution is 2.21. The summed E-state index contributed by atoms with van der Waals surface area (Å²) in [6.45, 7) is 0.0889. The molecule has 0 aliphatic heterocycles. The smallest absolute Gasteiger partial charge is 0.350 e. The van der Waals surface area contributed by atoms with Crippen molar-refractivity contribution in [3.63, 3.8) is 0 Å². The Morgan fingerprint density at radius 2 is 2.00 bits per heavy atom. The highest BCUT2D eigenvalue weighted by Gasteiger charge is 2.17. The van der Waals surface area contributed by atoms with Crippen molar-refractivity contribution in [2.75, 3.05) is 0 Å². The summed E-state index contributed by atoms with van der Waals surface area (Å²) in [6, 6.07) is 13.3. The zero-order valence-corrected chi connectivity index (χ0v) is 13.7. The summed E-state index contributed by atoms with van der Waals surface area (Å²) in [6.07, 6.45) is 3.26. The van der Waals surface area contributed by atoms with Gasteiger partial charge in [-0.3, -0.25) is 0 Å². The number of hydrogen-bond acceptors (Lipinski definition) is 7. The van der Waals surface area contributed by atoms with Crippen LogP contribution in [-0.4, -0.2) is 36.0 Å². The van der Waals surface area contributed by atoms with Crippen LogP contribution < -0.4 is 0 Å². The van der Waals surface area contributed by atoms with Gasteiger partial charge in [-0.05, 0) is 40.1 Å². The standard InChI is InChI=1S/C16H12N6O2S/c23-16(15-14(7-9-25-15)22-11-17-19-20-22)24-10-12-6-8-21(18-12)13-4-2-1-3-5-13/h1-9,11H,10H2. The predicted octanol–water partition coefficient (Wildman–Crippen LogP) is 2.27. The minimum Gasteiger partial charge on any atom is -0.455 e. The molecule has 0 amide bonds. The first-order valence-corrected chi connectivity index (χ1v) is 8.27. The maximum absolute atomic E-state index is 12.3. The van der Waals surface area contributed by atoms with Crippen molar-refractivity contribution >= 4 is 17.3 Å². The Bertz CT molecular complexity index is 977. The lowest BCUT2D eigenvalue weighted by molar-refractivity contribution is 0.0473. The van der Waals surface area contributed by atoms with Crippen molar-refractivity contribution in [3.8, 4) is 11.4 Å². The Kier molecular flexibility index (Phi) is 4.05. The van der Waals surface area contributed by atoms with Gasteiger partial charge in [-0.1, -0.05) is 18.2 Å². The lowest BCUT2D eigenvalue weighted by Crippen LogP contribution is -2.08. The summed E-state index contributed by atoms with van der Waals surface area (Å²) < 4.78 is 8.54. The van der Waals surface area contributed by atoms with Gasteiger partial charge in [0, 0.05) is 6.20 Å². The van der Waals surface area contributed by atoms with Gasteiger partial charge in [-0.15, -0.1) is 16.4 Å². The third kappa shape index (κ3) is 3.17. The normalized spacial score (nSPS) is 10.7. The zero-order valence-electron chi connectivity index (χ0n) is 12.9. The van der Waals surface area contributed by atoms with E-state index in [4.69, 9.17) is 4.74 Å². The Balaban J connectivity index is 1.45. The topological polar surface area (TPSA) is 87.7 Å². The highest BCUT2D eigenvalue weighted by atomic mass is 32.1. The van der Waals surface area contributed by atoms with Gasteiger partial charge < -0.3 is 4.74 Å². The molecule has 0 N–H and O–H groups in total. The van der Waals surface area contributed by atoms with E-state index >= 15 is 0 Å². The molecular weight excluding hydrogens is 340 g/mol. The minimum absolute atomic E-state index is 0.0889. The van der Waals surface area contributed by atoms with Crippen LogP contribution >= 0.6 is 11.3 Å². The van der Waals surface area contributed by atoms with Crippen LogP contribution in [0.15, 0.2) is 60.4 Å². The molecule has 0 aliphatic rings. The van der Waals surface area contributed by atoms with Crippen LogP contribution in [0.1, 0.15) is 15.4 Å². The molecule has 3 aromatic heterocycles. The van der Waals surface area contributed by atoms with Gasteiger partial charge in [0.1, 0.15) is 23.5 Å². The van der Waals surface area contributed by atoms with E-state index in [-0.39, 0.29) is 6.61 Å². The average Bonchev–Trinajstić information content (AvgIpc) is 3.41. The molecule has 25 heavy (non-hydrogen) atoms. The van der Waals surface area contributed by atoms with E-state index < -0.39 is 5.97 Å². The van der Waals surface area contributed by atoms with E-state index in [2.05, 4.69) is 20.6 Å². The number of ether oxygens (including phenoxy) is 1. The second-order valence-corrected chi connectivity index (χ2v) is 5.97. The van der Waals surface area contributed by atoms with E-state index in [1.165, 1.54) is 22.3 Å². The average molecular weight is 352 g/mol. The third-order valence-corrected chi connectivity index (χ3v) is 4.33. The van der Waals surface area contributed by atoms with Gasteiger partial charge in [0.2, 0.25) is 0 Å². The molecule has 0 aliphatic carbocycles. The predicted molar refractivity (Wildman–Crippen MR) is 89.7 cm³/mol. The molecule has 0 fully saturated rings. The van der Waals surface area contributed by atoms with Crippen molar-refractivity contribution in [1.82, 2.24) is 30.0 Å². The molecule has 0 unspecified atom stereocenters. The maximum Gasteiger partial charge on any atom is 0.350 e. The number of benzene rings is 1. The van der Waals surface area contributed by atoms with Crippen molar-refractivity contribution < 1.29 is 9.53 Å². The van der Waals surface area contributed by atoms with E-state index in [9.17, 15) is 4.79 Å². The van der Waals surface area contributed by atoms with Gasteiger partial charge in [0.25, 0.3) is 0 Å². The molecule has 1 aromatic carbocycles. The summed E-state index contributed by atoms with van der Waals surface area (Å²) in [4.78, 5) is 12.8. The molecular formula is C16H12N6O2S. The SMILES string of the molecule is O=C(OCc1ccn(-c2ccccc2)n1)c1sccc1-n1cnnn1.